The van der Waals surface area contributed by atoms with Gasteiger partial charge in [0.1, 0.15) is 5.75 Å². The van der Waals surface area contributed by atoms with Crippen LogP contribution in [0, 0.1) is 4.84 Å². The fourth-order valence-electron chi connectivity index (χ4n) is 2.42. The predicted molar refractivity (Wildman–Crippen MR) is 114 cm³/mol. The fraction of sp³-hybridized carbons (Fsp3) is 0.316. The van der Waals surface area contributed by atoms with Gasteiger partial charge in [0.05, 0.1) is 17.3 Å². The molecule has 0 spiro atoms. The highest BCUT2D eigenvalue weighted by atomic mass is 35.5. The number of anilines is 1. The zero-order chi connectivity index (χ0) is 20.3. The first-order chi connectivity index (χ1) is 12.6. The zero-order valence-electron chi connectivity index (χ0n) is 15.5. The molecule has 1 aromatic heterocycles. The number of phenols is 1. The standard InChI is InChI=1S/C10H10ClNO2S.C9H12ClNO/c1-5(2)13-8-4-6(11)3-7-9(8)14-10(15)12-7;1-5(2)7-3-6(10)4-8(11)9(7)12/h3-5H,1-2H3,(H,12,15);3-5,12H,11H2,1-2H3. The van der Waals surface area contributed by atoms with Crippen molar-refractivity contribution >= 4 is 52.2 Å². The minimum atomic E-state index is 0.0605. The van der Waals surface area contributed by atoms with Crippen LogP contribution in [0.2, 0.25) is 10.0 Å². The first kappa shape index (κ1) is 21.4. The molecule has 3 aromatic rings. The van der Waals surface area contributed by atoms with Crippen molar-refractivity contribution in [2.75, 3.05) is 5.73 Å². The van der Waals surface area contributed by atoms with Crippen LogP contribution in [0.15, 0.2) is 28.7 Å². The number of rotatable bonds is 3. The molecular weight excluding hydrogens is 407 g/mol. The van der Waals surface area contributed by atoms with Crippen molar-refractivity contribution in [1.29, 1.82) is 0 Å². The Morgan fingerprint density at radius 3 is 2.33 bits per heavy atom. The number of aromatic amines is 1. The van der Waals surface area contributed by atoms with Gasteiger partial charge in [0.2, 0.25) is 0 Å². The molecule has 0 aliphatic rings. The molecule has 27 heavy (non-hydrogen) atoms. The topological polar surface area (TPSA) is 84.4 Å². The van der Waals surface area contributed by atoms with E-state index in [-0.39, 0.29) is 17.8 Å². The first-order valence-corrected chi connectivity index (χ1v) is 9.51. The summed E-state index contributed by atoms with van der Waals surface area (Å²) < 4.78 is 10.9. The van der Waals surface area contributed by atoms with Crippen molar-refractivity contribution in [3.05, 3.63) is 44.7 Å². The number of halogens is 2. The molecular formula is C19H22Cl2N2O3S. The minimum Gasteiger partial charge on any atom is -0.505 e. The van der Waals surface area contributed by atoms with Gasteiger partial charge in [0.25, 0.3) is 4.84 Å². The largest absolute Gasteiger partial charge is 0.505 e. The van der Waals surface area contributed by atoms with Gasteiger partial charge in [-0.2, -0.15) is 0 Å². The number of oxazole rings is 1. The highest BCUT2D eigenvalue weighted by molar-refractivity contribution is 7.71. The van der Waals surface area contributed by atoms with E-state index in [0.29, 0.717) is 31.9 Å². The Morgan fingerprint density at radius 2 is 1.74 bits per heavy atom. The summed E-state index contributed by atoms with van der Waals surface area (Å²) in [5.41, 5.74) is 8.02. The van der Waals surface area contributed by atoms with Crippen molar-refractivity contribution in [3.8, 4) is 11.5 Å². The summed E-state index contributed by atoms with van der Waals surface area (Å²) in [5.74, 6) is 0.986. The number of phenolic OH excluding ortho intramolecular Hbond substituents is 1. The van der Waals surface area contributed by atoms with Crippen LogP contribution in [-0.2, 0) is 0 Å². The molecule has 4 N–H and O–H groups in total. The fourth-order valence-corrected chi connectivity index (χ4v) is 3.06. The maximum Gasteiger partial charge on any atom is 0.267 e. The van der Waals surface area contributed by atoms with Crippen LogP contribution in [0.25, 0.3) is 11.1 Å². The lowest BCUT2D eigenvalue weighted by Gasteiger charge is -2.10. The number of nitrogen functional groups attached to an aromatic ring is 1. The van der Waals surface area contributed by atoms with Crippen molar-refractivity contribution in [3.63, 3.8) is 0 Å². The second-order valence-corrected chi connectivity index (χ2v) is 7.79. The molecule has 1 heterocycles. The minimum absolute atomic E-state index is 0.0605. The van der Waals surface area contributed by atoms with E-state index in [1.165, 1.54) is 0 Å². The number of hydrogen-bond acceptors (Lipinski definition) is 5. The molecule has 0 bridgehead atoms. The quantitative estimate of drug-likeness (QED) is 0.246. The second-order valence-electron chi connectivity index (χ2n) is 6.55. The van der Waals surface area contributed by atoms with Crippen LogP contribution in [0.1, 0.15) is 39.2 Å². The molecule has 146 valence electrons. The summed E-state index contributed by atoms with van der Waals surface area (Å²) in [6, 6.07) is 6.75. The number of H-pyrrole nitrogens is 1. The third-order valence-electron chi connectivity index (χ3n) is 3.57. The van der Waals surface area contributed by atoms with Crippen LogP contribution < -0.4 is 10.5 Å². The Hall–Kier alpha value is -1.89. The molecule has 0 aliphatic heterocycles. The van der Waals surface area contributed by atoms with E-state index in [9.17, 15) is 5.11 Å². The summed E-state index contributed by atoms with van der Waals surface area (Å²) in [6.45, 7) is 7.83. The third-order valence-corrected chi connectivity index (χ3v) is 4.19. The molecule has 0 atom stereocenters. The van der Waals surface area contributed by atoms with Gasteiger partial charge < -0.3 is 25.0 Å². The Morgan fingerprint density at radius 1 is 1.11 bits per heavy atom. The van der Waals surface area contributed by atoms with E-state index in [1.807, 2.05) is 27.7 Å². The molecule has 0 unspecified atom stereocenters. The summed E-state index contributed by atoms with van der Waals surface area (Å²) in [7, 11) is 0. The number of benzene rings is 2. The second kappa shape index (κ2) is 8.87. The van der Waals surface area contributed by atoms with Crippen molar-refractivity contribution in [2.24, 2.45) is 0 Å². The van der Waals surface area contributed by atoms with Gasteiger partial charge in [0.15, 0.2) is 11.3 Å². The average molecular weight is 429 g/mol. The lowest BCUT2D eigenvalue weighted by atomic mass is 10.0. The van der Waals surface area contributed by atoms with Crippen LogP contribution >= 0.6 is 35.4 Å². The number of fused-ring (bicyclic) bond motifs is 1. The Kier molecular flexibility index (Phi) is 7.03. The van der Waals surface area contributed by atoms with E-state index < -0.39 is 0 Å². The number of nitrogens with two attached hydrogens (primary N) is 1. The van der Waals surface area contributed by atoms with Crippen LogP contribution in [-0.4, -0.2) is 16.2 Å². The first-order valence-electron chi connectivity index (χ1n) is 8.35. The number of nitrogens with one attached hydrogen (secondary N) is 1. The Labute approximate surface area is 173 Å². The molecule has 0 saturated carbocycles. The predicted octanol–water partition coefficient (Wildman–Crippen LogP) is 6.68. The normalized spacial score (nSPS) is 11.0. The monoisotopic (exact) mass is 428 g/mol. The highest BCUT2D eigenvalue weighted by Crippen LogP contribution is 2.33. The highest BCUT2D eigenvalue weighted by Gasteiger charge is 2.11. The van der Waals surface area contributed by atoms with E-state index >= 15 is 0 Å². The molecule has 2 aromatic carbocycles. The molecule has 3 rings (SSSR count). The Balaban J connectivity index is 0.000000199. The van der Waals surface area contributed by atoms with E-state index in [0.717, 1.165) is 11.1 Å². The van der Waals surface area contributed by atoms with Crippen LogP contribution in [0.3, 0.4) is 0 Å². The van der Waals surface area contributed by atoms with Gasteiger partial charge in [-0.15, -0.1) is 0 Å². The maximum atomic E-state index is 9.51. The SMILES string of the molecule is CC(C)Oc1cc(Cl)cc2[nH]c(=S)oc12.CC(C)c1cc(Cl)cc(N)c1O. The summed E-state index contributed by atoms with van der Waals surface area (Å²) in [5, 5.41) is 10.7. The molecule has 0 aliphatic carbocycles. The molecule has 0 radical (unpaired) electrons. The number of hydrogen-bond donors (Lipinski definition) is 3. The molecule has 8 heteroatoms. The van der Waals surface area contributed by atoms with Crippen molar-refractivity contribution in [2.45, 2.75) is 39.7 Å². The van der Waals surface area contributed by atoms with Crippen LogP contribution in [0.4, 0.5) is 5.69 Å². The van der Waals surface area contributed by atoms with E-state index in [2.05, 4.69) is 4.98 Å². The van der Waals surface area contributed by atoms with Gasteiger partial charge >= 0.3 is 0 Å². The summed E-state index contributed by atoms with van der Waals surface area (Å²) >= 11 is 16.6. The molecule has 0 fully saturated rings. The number of ether oxygens (including phenoxy) is 1. The van der Waals surface area contributed by atoms with Gasteiger partial charge in [0, 0.05) is 21.7 Å². The van der Waals surface area contributed by atoms with E-state index in [4.69, 9.17) is 50.3 Å². The zero-order valence-corrected chi connectivity index (χ0v) is 17.8. The summed E-state index contributed by atoms with van der Waals surface area (Å²) in [6.07, 6.45) is 0.0605. The van der Waals surface area contributed by atoms with Gasteiger partial charge in [-0.05, 0) is 50.2 Å². The van der Waals surface area contributed by atoms with Gasteiger partial charge in [-0.3, -0.25) is 0 Å². The number of aromatic nitrogens is 1. The van der Waals surface area contributed by atoms with Crippen molar-refractivity contribution < 1.29 is 14.3 Å². The molecule has 0 amide bonds. The Bertz CT molecular complexity index is 997. The van der Waals surface area contributed by atoms with Crippen molar-refractivity contribution in [1.82, 2.24) is 4.98 Å². The van der Waals surface area contributed by atoms with E-state index in [1.54, 1.807) is 24.3 Å². The van der Waals surface area contributed by atoms with Gasteiger partial charge in [-0.1, -0.05) is 37.0 Å². The molecule has 0 saturated heterocycles. The number of aromatic hydroxyl groups is 1. The summed E-state index contributed by atoms with van der Waals surface area (Å²) in [4.78, 5) is 3.22. The third kappa shape index (κ3) is 5.54. The lowest BCUT2D eigenvalue weighted by molar-refractivity contribution is 0.242. The smallest absolute Gasteiger partial charge is 0.267 e. The average Bonchev–Trinajstić information content (AvgIpc) is 2.91. The maximum absolute atomic E-state index is 9.51. The molecule has 5 nitrogen and oxygen atoms in total. The lowest BCUT2D eigenvalue weighted by Crippen LogP contribution is -2.05. The van der Waals surface area contributed by atoms with Gasteiger partial charge in [-0.25, -0.2) is 0 Å². The van der Waals surface area contributed by atoms with Crippen LogP contribution in [0.5, 0.6) is 11.5 Å².